The molecule has 2 rings (SSSR count). The van der Waals surface area contributed by atoms with Gasteiger partial charge in [0.1, 0.15) is 0 Å². The zero-order chi connectivity index (χ0) is 10.8. The largest absolute Gasteiger partial charge is 0.384 e. The number of nitrogens with zero attached hydrogens (tertiary/aromatic N) is 2. The Bertz CT molecular complexity index is 494. The van der Waals surface area contributed by atoms with Crippen LogP contribution in [0.1, 0.15) is 10.5 Å². The average Bonchev–Trinajstić information content (AvgIpc) is 2.62. The molecule has 0 spiro atoms. The van der Waals surface area contributed by atoms with Crippen LogP contribution in [0.25, 0.3) is 5.69 Å². The second kappa shape index (κ2) is 3.66. The molecule has 0 aliphatic heterocycles. The zero-order valence-corrected chi connectivity index (χ0v) is 8.57. The molecule has 1 heterocycles. The third-order valence-electron chi connectivity index (χ3n) is 1.82. The fourth-order valence-electron chi connectivity index (χ4n) is 1.13. The maximum atomic E-state index is 10.9. The van der Waals surface area contributed by atoms with Crippen molar-refractivity contribution >= 4 is 22.4 Å². The second-order valence-electron chi connectivity index (χ2n) is 2.88. The molecule has 15 heavy (non-hydrogen) atoms. The number of carbonyl (C=O) groups excluding carboxylic acids is 1. The summed E-state index contributed by atoms with van der Waals surface area (Å²) in [5, 5.41) is 4.34. The molecule has 2 aromatic rings. The van der Waals surface area contributed by atoms with Crippen molar-refractivity contribution in [2.75, 3.05) is 5.73 Å². The molecule has 0 bridgehead atoms. The first kappa shape index (κ1) is 9.60. The van der Waals surface area contributed by atoms with E-state index in [1.807, 2.05) is 30.3 Å². The van der Waals surface area contributed by atoms with E-state index in [9.17, 15) is 4.79 Å². The number of hydrogen-bond donors (Lipinski definition) is 2. The van der Waals surface area contributed by atoms with Crippen LogP contribution in [0.15, 0.2) is 30.3 Å². The molecule has 0 unspecified atom stereocenters. The minimum absolute atomic E-state index is 0.115. The number of hydrogen-bond acceptors (Lipinski definition) is 4. The Kier molecular flexibility index (Phi) is 2.34. The Morgan fingerprint density at radius 1 is 1.33 bits per heavy atom. The van der Waals surface area contributed by atoms with Gasteiger partial charge in [0.25, 0.3) is 11.6 Å². The van der Waals surface area contributed by atoms with Gasteiger partial charge in [-0.2, -0.15) is 0 Å². The molecule has 76 valence electrons. The molecule has 4 N–H and O–H groups in total. The van der Waals surface area contributed by atoms with Crippen molar-refractivity contribution < 1.29 is 8.87 Å². The summed E-state index contributed by atoms with van der Waals surface area (Å²) in [5.41, 5.74) is 11.7. The number of carbonyl (C=O) groups is 1. The van der Waals surface area contributed by atoms with Crippen LogP contribution in [0.2, 0.25) is 0 Å². The first-order chi connectivity index (χ1) is 7.18. The second-order valence-corrected chi connectivity index (χ2v) is 3.85. The lowest BCUT2D eigenvalue weighted by molar-refractivity contribution is -0.588. The summed E-state index contributed by atoms with van der Waals surface area (Å²) in [4.78, 5) is 10.9. The summed E-state index contributed by atoms with van der Waals surface area (Å²) < 4.78 is 1.56. The number of amides is 1. The summed E-state index contributed by atoms with van der Waals surface area (Å²) in [6, 6.07) is 9.39. The maximum absolute atomic E-state index is 10.9. The van der Waals surface area contributed by atoms with Crippen LogP contribution in [0.4, 0.5) is 5.00 Å². The molecule has 5 nitrogen and oxygen atoms in total. The van der Waals surface area contributed by atoms with Crippen molar-refractivity contribution in [3.63, 3.8) is 0 Å². The van der Waals surface area contributed by atoms with Crippen molar-refractivity contribution in [2.45, 2.75) is 0 Å². The summed E-state index contributed by atoms with van der Waals surface area (Å²) in [7, 11) is 0. The van der Waals surface area contributed by atoms with Gasteiger partial charge in [0.05, 0.1) is 0 Å². The zero-order valence-electron chi connectivity index (χ0n) is 7.75. The molecule has 0 radical (unpaired) electrons. The third-order valence-corrected chi connectivity index (χ3v) is 2.67. The minimum atomic E-state index is -0.613. The van der Waals surface area contributed by atoms with Gasteiger partial charge in [-0.15, -0.1) is 0 Å². The molecule has 1 aromatic carbocycles. The lowest BCUT2D eigenvalue weighted by Crippen LogP contribution is -2.30. The van der Waals surface area contributed by atoms with Crippen LogP contribution in [-0.2, 0) is 0 Å². The van der Waals surface area contributed by atoms with Gasteiger partial charge in [-0.3, -0.25) is 4.79 Å². The molecular formula is C9H9N4OS+. The van der Waals surface area contributed by atoms with Gasteiger partial charge in [0.2, 0.25) is 5.69 Å². The van der Waals surface area contributed by atoms with Crippen LogP contribution < -0.4 is 15.5 Å². The number of para-hydroxylation sites is 1. The summed E-state index contributed by atoms with van der Waals surface area (Å²) in [6.07, 6.45) is 0. The van der Waals surface area contributed by atoms with E-state index < -0.39 is 5.91 Å². The van der Waals surface area contributed by atoms with Crippen molar-refractivity contribution in [3.8, 4) is 5.69 Å². The van der Waals surface area contributed by atoms with Crippen LogP contribution in [0.3, 0.4) is 0 Å². The summed E-state index contributed by atoms with van der Waals surface area (Å²) in [5.74, 6) is -0.613. The monoisotopic (exact) mass is 221 g/mol. The highest BCUT2D eigenvalue weighted by Gasteiger charge is 2.22. The summed E-state index contributed by atoms with van der Waals surface area (Å²) >= 11 is 1.18. The molecule has 0 aliphatic carbocycles. The van der Waals surface area contributed by atoms with Crippen molar-refractivity contribution in [1.82, 2.24) is 5.10 Å². The van der Waals surface area contributed by atoms with Crippen LogP contribution >= 0.6 is 11.5 Å². The van der Waals surface area contributed by atoms with Crippen LogP contribution in [0, 0.1) is 0 Å². The highest BCUT2D eigenvalue weighted by atomic mass is 32.1. The van der Waals surface area contributed by atoms with Crippen LogP contribution in [0.5, 0.6) is 0 Å². The number of anilines is 1. The van der Waals surface area contributed by atoms with E-state index in [1.165, 1.54) is 11.5 Å². The topological polar surface area (TPSA) is 85.9 Å². The Balaban J connectivity index is 2.48. The molecule has 0 atom stereocenters. The Morgan fingerprint density at radius 3 is 2.53 bits per heavy atom. The molecule has 0 aliphatic rings. The molecule has 6 heteroatoms. The standard InChI is InChI=1S/C9H8N4OS/c10-8(14)7-9(11)15-13(12-7)6-4-2-1-3-5-6/h1-5,11H,(H2,10,14)/p+1. The number of rotatable bonds is 2. The van der Waals surface area contributed by atoms with Crippen molar-refractivity contribution in [3.05, 3.63) is 36.0 Å². The smallest absolute Gasteiger partial charge is 0.276 e. The Hall–Kier alpha value is -1.95. The van der Waals surface area contributed by atoms with E-state index in [0.717, 1.165) is 5.69 Å². The quantitative estimate of drug-likeness (QED) is 0.705. The minimum Gasteiger partial charge on any atom is -0.384 e. The van der Waals surface area contributed by atoms with Gasteiger partial charge >= 0.3 is 0 Å². The number of aromatic nitrogens is 2. The third kappa shape index (κ3) is 1.79. The molecule has 0 saturated carbocycles. The van der Waals surface area contributed by atoms with Gasteiger partial charge in [-0.1, -0.05) is 18.2 Å². The lowest BCUT2D eigenvalue weighted by atomic mass is 10.3. The number of primary amides is 1. The van der Waals surface area contributed by atoms with Gasteiger partial charge in [-0.25, -0.2) is 0 Å². The predicted octanol–water partition coefficient (Wildman–Crippen LogP) is 0.101. The Morgan fingerprint density at radius 2 is 2.00 bits per heavy atom. The van der Waals surface area contributed by atoms with E-state index in [4.69, 9.17) is 11.5 Å². The SMILES string of the molecule is NC(=O)c1n[n+](-c2ccccc2)sc1N. The molecular weight excluding hydrogens is 212 g/mol. The van der Waals surface area contributed by atoms with E-state index >= 15 is 0 Å². The lowest BCUT2D eigenvalue weighted by Gasteiger charge is -1.84. The maximum Gasteiger partial charge on any atom is 0.276 e. The van der Waals surface area contributed by atoms with E-state index in [1.54, 1.807) is 4.07 Å². The van der Waals surface area contributed by atoms with Gasteiger partial charge in [0, 0.05) is 21.3 Å². The molecule has 1 aromatic heterocycles. The van der Waals surface area contributed by atoms with Gasteiger partial charge < -0.3 is 11.5 Å². The summed E-state index contributed by atoms with van der Waals surface area (Å²) in [6.45, 7) is 0. The molecule has 0 fully saturated rings. The van der Waals surface area contributed by atoms with Gasteiger partial charge in [-0.05, 0) is 0 Å². The highest BCUT2D eigenvalue weighted by Crippen LogP contribution is 2.12. The Labute approximate surface area is 90.1 Å². The fraction of sp³-hybridized carbons (Fsp3) is 0. The molecule has 0 saturated heterocycles. The van der Waals surface area contributed by atoms with E-state index in [2.05, 4.69) is 5.10 Å². The predicted molar refractivity (Wildman–Crippen MR) is 56.6 cm³/mol. The number of nitrogen functional groups attached to an aromatic ring is 1. The molecule has 1 amide bonds. The number of benzene rings is 1. The van der Waals surface area contributed by atoms with Crippen molar-refractivity contribution in [1.29, 1.82) is 0 Å². The first-order valence-electron chi connectivity index (χ1n) is 4.23. The first-order valence-corrected chi connectivity index (χ1v) is 5.00. The average molecular weight is 221 g/mol. The van der Waals surface area contributed by atoms with Gasteiger partial charge in [0.15, 0.2) is 16.5 Å². The highest BCUT2D eigenvalue weighted by molar-refractivity contribution is 7.06. The van der Waals surface area contributed by atoms with Crippen LogP contribution in [-0.4, -0.2) is 11.0 Å². The van der Waals surface area contributed by atoms with E-state index in [0.29, 0.717) is 5.00 Å². The van der Waals surface area contributed by atoms with Crippen molar-refractivity contribution in [2.24, 2.45) is 5.73 Å². The fourth-order valence-corrected chi connectivity index (χ4v) is 1.90. The normalized spacial score (nSPS) is 10.1. The number of nitrogens with two attached hydrogens (primary N) is 2. The van der Waals surface area contributed by atoms with E-state index in [-0.39, 0.29) is 5.69 Å².